The third kappa shape index (κ3) is 2.28. The number of nitrogens with zero attached hydrogens (tertiary/aromatic N) is 3. The lowest BCUT2D eigenvalue weighted by molar-refractivity contribution is -0.122. The van der Waals surface area contributed by atoms with Gasteiger partial charge in [-0.25, -0.2) is 9.37 Å². The highest BCUT2D eigenvalue weighted by molar-refractivity contribution is 7.11. The van der Waals surface area contributed by atoms with E-state index >= 15 is 0 Å². The van der Waals surface area contributed by atoms with Crippen molar-refractivity contribution in [1.82, 2.24) is 9.55 Å². The van der Waals surface area contributed by atoms with Crippen molar-refractivity contribution in [1.29, 1.82) is 0 Å². The SMILES string of the molecule is O=C[C@H]1O[C@@H](n2cc(F)c3c2NCN=C3c2nccs2)C[C@@H]1O. The van der Waals surface area contributed by atoms with E-state index in [0.29, 0.717) is 28.4 Å². The van der Waals surface area contributed by atoms with Gasteiger partial charge in [-0.15, -0.1) is 11.3 Å². The Hall–Kier alpha value is -2.10. The molecular formula is C14H13FN4O3S. The molecular weight excluding hydrogens is 323 g/mol. The highest BCUT2D eigenvalue weighted by Gasteiger charge is 2.37. The number of anilines is 1. The molecule has 120 valence electrons. The van der Waals surface area contributed by atoms with Gasteiger partial charge in [-0.3, -0.25) is 4.99 Å². The summed E-state index contributed by atoms with van der Waals surface area (Å²) in [6.45, 7) is 0.289. The number of carbonyl (C=O) groups is 1. The van der Waals surface area contributed by atoms with E-state index in [-0.39, 0.29) is 13.1 Å². The molecule has 0 saturated carbocycles. The molecule has 0 radical (unpaired) electrons. The number of halogens is 1. The number of aliphatic imine (C=N–C) groups is 1. The van der Waals surface area contributed by atoms with E-state index in [9.17, 15) is 14.3 Å². The van der Waals surface area contributed by atoms with Gasteiger partial charge >= 0.3 is 0 Å². The first-order valence-corrected chi connectivity index (χ1v) is 7.94. The number of rotatable bonds is 3. The maximum Gasteiger partial charge on any atom is 0.152 e. The molecule has 2 N–H and O–H groups in total. The summed E-state index contributed by atoms with van der Waals surface area (Å²) in [6.07, 6.45) is 1.33. The predicted molar refractivity (Wildman–Crippen MR) is 81.2 cm³/mol. The standard InChI is InChI=1S/C14H13FN4O3S/c15-7-4-19(10-3-8(21)9(5-20)22-10)13-11(7)12(17-6-18-13)14-16-1-2-23-14/h1-2,4-5,8-10,18,21H,3,6H2/t8-,9+,10+/m0/s1. The zero-order valence-corrected chi connectivity index (χ0v) is 12.7. The molecule has 23 heavy (non-hydrogen) atoms. The van der Waals surface area contributed by atoms with Gasteiger partial charge in [0.1, 0.15) is 35.5 Å². The van der Waals surface area contributed by atoms with Gasteiger partial charge in [0, 0.05) is 24.2 Å². The molecule has 2 aliphatic rings. The van der Waals surface area contributed by atoms with E-state index in [2.05, 4.69) is 15.3 Å². The minimum atomic E-state index is -0.894. The molecule has 7 nitrogen and oxygen atoms in total. The molecule has 0 unspecified atom stereocenters. The van der Waals surface area contributed by atoms with E-state index in [4.69, 9.17) is 4.74 Å². The molecule has 2 aliphatic heterocycles. The van der Waals surface area contributed by atoms with Crippen LogP contribution in [0.15, 0.2) is 22.8 Å². The van der Waals surface area contributed by atoms with E-state index in [1.165, 1.54) is 17.5 Å². The summed E-state index contributed by atoms with van der Waals surface area (Å²) >= 11 is 1.38. The van der Waals surface area contributed by atoms with E-state index in [0.717, 1.165) is 0 Å². The summed E-state index contributed by atoms with van der Waals surface area (Å²) in [7, 11) is 0. The van der Waals surface area contributed by atoms with Gasteiger partial charge in [-0.05, 0) is 0 Å². The van der Waals surface area contributed by atoms with Crippen LogP contribution in [0.25, 0.3) is 0 Å². The molecule has 0 bridgehead atoms. The quantitative estimate of drug-likeness (QED) is 0.821. The summed E-state index contributed by atoms with van der Waals surface area (Å²) < 4.78 is 21.6. The van der Waals surface area contributed by atoms with Crippen LogP contribution in [0.3, 0.4) is 0 Å². The minimum absolute atomic E-state index is 0.218. The Kier molecular flexibility index (Phi) is 3.47. The van der Waals surface area contributed by atoms with Crippen LogP contribution >= 0.6 is 11.3 Å². The van der Waals surface area contributed by atoms with Crippen LogP contribution in [0.5, 0.6) is 0 Å². The normalized spacial score (nSPS) is 26.5. The zero-order valence-electron chi connectivity index (χ0n) is 11.8. The molecule has 2 aromatic rings. The fourth-order valence-corrected chi connectivity index (χ4v) is 3.53. The molecule has 4 rings (SSSR count). The average molecular weight is 336 g/mol. The Morgan fingerprint density at radius 2 is 2.43 bits per heavy atom. The first kappa shape index (κ1) is 14.5. The molecule has 9 heteroatoms. The van der Waals surface area contributed by atoms with Gasteiger partial charge in [0.15, 0.2) is 12.1 Å². The maximum atomic E-state index is 14.5. The van der Waals surface area contributed by atoms with Gasteiger partial charge in [-0.2, -0.15) is 0 Å². The predicted octanol–water partition coefficient (Wildman–Crippen LogP) is 1.15. The van der Waals surface area contributed by atoms with Crippen LogP contribution in [0, 0.1) is 5.82 Å². The molecule has 1 saturated heterocycles. The summed E-state index contributed by atoms with van der Waals surface area (Å²) in [5.41, 5.74) is 0.828. The largest absolute Gasteiger partial charge is 0.390 e. The van der Waals surface area contributed by atoms with Gasteiger partial charge in [-0.1, -0.05) is 0 Å². The Morgan fingerprint density at radius 1 is 1.57 bits per heavy atom. The van der Waals surface area contributed by atoms with E-state index in [1.807, 2.05) is 0 Å². The number of aldehydes is 1. The minimum Gasteiger partial charge on any atom is -0.390 e. The van der Waals surface area contributed by atoms with Crippen molar-refractivity contribution in [2.45, 2.75) is 24.9 Å². The van der Waals surface area contributed by atoms with Crippen LogP contribution in [0.2, 0.25) is 0 Å². The molecule has 2 aromatic heterocycles. The summed E-state index contributed by atoms with van der Waals surface area (Å²) in [5.74, 6) is 0.0697. The lowest BCUT2D eigenvalue weighted by Gasteiger charge is -2.20. The fraction of sp³-hybridized carbons (Fsp3) is 0.357. The number of hydrogen-bond acceptors (Lipinski definition) is 7. The number of hydrogen-bond donors (Lipinski definition) is 2. The van der Waals surface area contributed by atoms with Crippen molar-refractivity contribution >= 4 is 29.2 Å². The number of aromatic nitrogens is 2. The number of aliphatic hydroxyl groups is 1. The molecule has 0 amide bonds. The Morgan fingerprint density at radius 3 is 3.13 bits per heavy atom. The van der Waals surface area contributed by atoms with Gasteiger partial charge in [0.05, 0.1) is 11.7 Å². The van der Waals surface area contributed by atoms with Gasteiger partial charge in [0.25, 0.3) is 0 Å². The van der Waals surface area contributed by atoms with Crippen molar-refractivity contribution in [3.8, 4) is 0 Å². The third-order valence-electron chi connectivity index (χ3n) is 3.92. The first-order valence-electron chi connectivity index (χ1n) is 7.06. The second-order valence-electron chi connectivity index (χ2n) is 5.28. The Labute approximate surface area is 134 Å². The third-order valence-corrected chi connectivity index (χ3v) is 4.70. The highest BCUT2D eigenvalue weighted by atomic mass is 32.1. The van der Waals surface area contributed by atoms with Crippen LogP contribution < -0.4 is 5.32 Å². The number of carbonyl (C=O) groups excluding carboxylic acids is 1. The smallest absolute Gasteiger partial charge is 0.152 e. The van der Waals surface area contributed by atoms with Crippen LogP contribution in [-0.2, 0) is 9.53 Å². The van der Waals surface area contributed by atoms with Gasteiger partial charge < -0.3 is 24.5 Å². The van der Waals surface area contributed by atoms with Crippen LogP contribution in [0.1, 0.15) is 23.2 Å². The van der Waals surface area contributed by atoms with Crippen molar-refractivity contribution in [3.63, 3.8) is 0 Å². The Balaban J connectivity index is 1.74. The number of thiazole rings is 1. The second kappa shape index (κ2) is 5.52. The van der Waals surface area contributed by atoms with Crippen LogP contribution in [-0.4, -0.2) is 45.5 Å². The Bertz CT molecular complexity index is 773. The first-order chi connectivity index (χ1) is 11.2. The number of fused-ring (bicyclic) bond motifs is 1. The van der Waals surface area contributed by atoms with E-state index < -0.39 is 24.3 Å². The second-order valence-corrected chi connectivity index (χ2v) is 6.18. The molecule has 0 spiro atoms. The van der Waals surface area contributed by atoms with Crippen LogP contribution in [0.4, 0.5) is 10.2 Å². The average Bonchev–Trinajstić information content (AvgIpc) is 3.26. The maximum absolute atomic E-state index is 14.5. The summed E-state index contributed by atoms with van der Waals surface area (Å²) in [4.78, 5) is 19.4. The molecule has 1 fully saturated rings. The molecule has 0 aliphatic carbocycles. The molecule has 0 aromatic carbocycles. The number of ether oxygens (including phenoxy) is 1. The highest BCUT2D eigenvalue weighted by Crippen LogP contribution is 2.36. The summed E-state index contributed by atoms with van der Waals surface area (Å²) in [6, 6.07) is 0. The van der Waals surface area contributed by atoms with Crippen molar-refractivity contribution in [2.75, 3.05) is 12.0 Å². The number of aliphatic hydroxyl groups excluding tert-OH is 1. The lowest BCUT2D eigenvalue weighted by Crippen LogP contribution is -2.22. The van der Waals surface area contributed by atoms with E-state index in [1.54, 1.807) is 16.1 Å². The topological polar surface area (TPSA) is 88.7 Å². The van der Waals surface area contributed by atoms with Gasteiger partial charge in [0.2, 0.25) is 0 Å². The van der Waals surface area contributed by atoms with Crippen molar-refractivity contribution in [3.05, 3.63) is 34.2 Å². The zero-order chi connectivity index (χ0) is 16.0. The van der Waals surface area contributed by atoms with Crippen molar-refractivity contribution < 1.29 is 19.0 Å². The fourth-order valence-electron chi connectivity index (χ4n) is 2.88. The number of nitrogens with one attached hydrogen (secondary N) is 1. The summed E-state index contributed by atoms with van der Waals surface area (Å²) in [5, 5.41) is 15.3. The van der Waals surface area contributed by atoms with Crippen molar-refractivity contribution in [2.24, 2.45) is 4.99 Å². The monoisotopic (exact) mass is 336 g/mol. The molecule has 4 heterocycles. The lowest BCUT2D eigenvalue weighted by atomic mass is 10.1. The molecule has 3 atom stereocenters.